The molecule has 1 fully saturated rings. The summed E-state index contributed by atoms with van der Waals surface area (Å²) in [6, 6.07) is 8.42. The average Bonchev–Trinajstić information content (AvgIpc) is 3.08. The number of nitrogens with zero attached hydrogens (tertiary/aromatic N) is 1. The molecule has 0 atom stereocenters. The maximum atomic E-state index is 14.3. The van der Waals surface area contributed by atoms with Crippen LogP contribution in [0.5, 0.6) is 0 Å². The van der Waals surface area contributed by atoms with Gasteiger partial charge >= 0.3 is 0 Å². The number of nitrogens with one attached hydrogen (secondary N) is 1. The number of likely N-dealkylation sites (tertiary alicyclic amines) is 1. The van der Waals surface area contributed by atoms with Crippen molar-refractivity contribution in [3.8, 4) is 11.3 Å². The van der Waals surface area contributed by atoms with E-state index in [0.717, 1.165) is 58.9 Å². The minimum absolute atomic E-state index is 0.350. The zero-order chi connectivity index (χ0) is 20.1. The van der Waals surface area contributed by atoms with Crippen LogP contribution in [0, 0.1) is 6.92 Å². The van der Waals surface area contributed by atoms with Crippen LogP contribution in [-0.2, 0) is 0 Å². The van der Waals surface area contributed by atoms with Gasteiger partial charge in [-0.05, 0) is 58.0 Å². The molecule has 0 amide bonds. The third-order valence-corrected chi connectivity index (χ3v) is 6.04. The fraction of sp³-hybridized carbons (Fsp3) is 0.333. The standard InChI is InChI=1S/C24H29FN2S/c1-5-7-18(8-6-2)21-22(19-11-9-17(3)10-12-19)26-23(24(21)28-25)20-13-15-27(4)16-14-20/h5-12,20,26H,1,13-16H2,2-4H3/b8-6-,18-7+. The number of halogens is 1. The molecule has 2 nitrogen and oxygen atoms in total. The first kappa shape index (κ1) is 20.7. The van der Waals surface area contributed by atoms with Gasteiger partial charge in [-0.3, -0.25) is 0 Å². The summed E-state index contributed by atoms with van der Waals surface area (Å²) in [6.07, 6.45) is 9.83. The Morgan fingerprint density at radius 2 is 1.93 bits per heavy atom. The van der Waals surface area contributed by atoms with Gasteiger partial charge in [-0.2, -0.15) is 3.89 Å². The summed E-state index contributed by atoms with van der Waals surface area (Å²) in [6.45, 7) is 10.00. The Morgan fingerprint density at radius 3 is 2.50 bits per heavy atom. The quantitative estimate of drug-likeness (QED) is 0.534. The van der Waals surface area contributed by atoms with E-state index < -0.39 is 0 Å². The Kier molecular flexibility index (Phi) is 6.97. The van der Waals surface area contributed by atoms with E-state index in [1.165, 1.54) is 5.56 Å². The van der Waals surface area contributed by atoms with Gasteiger partial charge in [-0.25, -0.2) is 0 Å². The minimum Gasteiger partial charge on any atom is -0.357 e. The van der Waals surface area contributed by atoms with Gasteiger partial charge in [0, 0.05) is 17.2 Å². The van der Waals surface area contributed by atoms with Crippen molar-refractivity contribution in [2.75, 3.05) is 20.1 Å². The largest absolute Gasteiger partial charge is 0.357 e. The first-order valence-electron chi connectivity index (χ1n) is 9.84. The zero-order valence-corrected chi connectivity index (χ0v) is 17.8. The van der Waals surface area contributed by atoms with Crippen LogP contribution in [0.2, 0.25) is 0 Å². The number of benzene rings is 1. The van der Waals surface area contributed by atoms with Crippen molar-refractivity contribution in [2.45, 2.75) is 37.5 Å². The molecule has 1 N–H and O–H groups in total. The van der Waals surface area contributed by atoms with E-state index in [1.807, 2.05) is 25.2 Å². The number of aryl methyl sites for hydroxylation is 1. The molecular weight excluding hydrogens is 367 g/mol. The van der Waals surface area contributed by atoms with E-state index in [0.29, 0.717) is 18.1 Å². The fourth-order valence-electron chi connectivity index (χ4n) is 3.91. The summed E-state index contributed by atoms with van der Waals surface area (Å²) in [7, 11) is 2.15. The highest BCUT2D eigenvalue weighted by molar-refractivity contribution is 7.94. The minimum atomic E-state index is 0.350. The number of hydrogen-bond donors (Lipinski definition) is 1. The lowest BCUT2D eigenvalue weighted by atomic mass is 9.93. The molecular formula is C24H29FN2S. The second kappa shape index (κ2) is 9.44. The van der Waals surface area contributed by atoms with Gasteiger partial charge < -0.3 is 9.88 Å². The Labute approximate surface area is 172 Å². The van der Waals surface area contributed by atoms with Gasteiger partial charge in [-0.1, -0.05) is 60.7 Å². The fourth-order valence-corrected chi connectivity index (χ4v) is 4.51. The van der Waals surface area contributed by atoms with Crippen LogP contribution in [0.15, 0.2) is 60.0 Å². The number of aromatic amines is 1. The van der Waals surface area contributed by atoms with E-state index in [1.54, 1.807) is 6.08 Å². The molecule has 0 saturated carbocycles. The summed E-state index contributed by atoms with van der Waals surface area (Å²) in [5, 5.41) is 0. The maximum Gasteiger partial charge on any atom is 0.0838 e. The number of H-pyrrole nitrogens is 1. The van der Waals surface area contributed by atoms with Crippen molar-refractivity contribution in [3.63, 3.8) is 0 Å². The monoisotopic (exact) mass is 396 g/mol. The first-order valence-corrected chi connectivity index (χ1v) is 10.6. The van der Waals surface area contributed by atoms with Crippen molar-refractivity contribution >= 4 is 17.7 Å². The van der Waals surface area contributed by atoms with Gasteiger partial charge in [0.15, 0.2) is 0 Å². The molecule has 1 saturated heterocycles. The Bertz CT molecular complexity index is 869. The van der Waals surface area contributed by atoms with E-state index in [4.69, 9.17) is 0 Å². The molecule has 0 unspecified atom stereocenters. The molecule has 0 spiro atoms. The second-order valence-corrected chi connectivity index (χ2v) is 8.06. The smallest absolute Gasteiger partial charge is 0.0838 e. The van der Waals surface area contributed by atoms with Crippen LogP contribution in [0.3, 0.4) is 0 Å². The maximum absolute atomic E-state index is 14.3. The molecule has 1 aromatic carbocycles. The van der Waals surface area contributed by atoms with E-state index in [9.17, 15) is 3.89 Å². The molecule has 2 heterocycles. The number of rotatable bonds is 6. The lowest BCUT2D eigenvalue weighted by Gasteiger charge is -2.28. The number of hydrogen-bond acceptors (Lipinski definition) is 2. The predicted octanol–water partition coefficient (Wildman–Crippen LogP) is 6.92. The lowest BCUT2D eigenvalue weighted by Crippen LogP contribution is -2.29. The molecule has 28 heavy (non-hydrogen) atoms. The Hall–Kier alpha value is -2.04. The summed E-state index contributed by atoms with van der Waals surface area (Å²) in [5.74, 6) is 0.350. The molecule has 2 aromatic rings. The molecule has 1 aromatic heterocycles. The summed E-state index contributed by atoms with van der Waals surface area (Å²) < 4.78 is 14.3. The molecule has 0 bridgehead atoms. The molecule has 3 rings (SSSR count). The highest BCUT2D eigenvalue weighted by atomic mass is 32.2. The van der Waals surface area contributed by atoms with E-state index in [2.05, 4.69) is 54.7 Å². The molecule has 1 aliphatic heterocycles. The van der Waals surface area contributed by atoms with Crippen molar-refractivity contribution in [3.05, 3.63) is 72.0 Å². The lowest BCUT2D eigenvalue weighted by molar-refractivity contribution is 0.252. The van der Waals surface area contributed by atoms with Crippen molar-refractivity contribution < 1.29 is 3.89 Å². The number of piperidine rings is 1. The van der Waals surface area contributed by atoms with Crippen LogP contribution in [-0.4, -0.2) is 30.0 Å². The Morgan fingerprint density at radius 1 is 1.25 bits per heavy atom. The second-order valence-electron chi connectivity index (χ2n) is 7.50. The van der Waals surface area contributed by atoms with Crippen LogP contribution in [0.1, 0.15) is 42.5 Å². The van der Waals surface area contributed by atoms with Crippen LogP contribution in [0.4, 0.5) is 3.89 Å². The first-order chi connectivity index (χ1) is 13.6. The normalized spacial score (nSPS) is 16.8. The predicted molar refractivity (Wildman–Crippen MR) is 120 cm³/mol. The third kappa shape index (κ3) is 4.34. The highest BCUT2D eigenvalue weighted by Crippen LogP contribution is 2.44. The van der Waals surface area contributed by atoms with Crippen LogP contribution in [0.25, 0.3) is 16.8 Å². The van der Waals surface area contributed by atoms with Gasteiger partial charge in [0.2, 0.25) is 0 Å². The van der Waals surface area contributed by atoms with Gasteiger partial charge in [-0.15, -0.1) is 0 Å². The van der Waals surface area contributed by atoms with Gasteiger partial charge in [0.1, 0.15) is 0 Å². The van der Waals surface area contributed by atoms with E-state index in [-0.39, 0.29) is 0 Å². The third-order valence-electron chi connectivity index (χ3n) is 5.46. The number of allylic oxidation sites excluding steroid dienone is 5. The van der Waals surface area contributed by atoms with Crippen molar-refractivity contribution in [1.29, 1.82) is 0 Å². The Balaban J connectivity index is 2.20. The molecule has 1 aliphatic rings. The molecule has 0 radical (unpaired) electrons. The molecule has 4 heteroatoms. The van der Waals surface area contributed by atoms with Gasteiger partial charge in [0.25, 0.3) is 0 Å². The highest BCUT2D eigenvalue weighted by Gasteiger charge is 2.28. The topological polar surface area (TPSA) is 19.0 Å². The van der Waals surface area contributed by atoms with Crippen molar-refractivity contribution in [2.24, 2.45) is 0 Å². The van der Waals surface area contributed by atoms with E-state index >= 15 is 0 Å². The average molecular weight is 397 g/mol. The van der Waals surface area contributed by atoms with Crippen molar-refractivity contribution in [1.82, 2.24) is 9.88 Å². The van der Waals surface area contributed by atoms with Gasteiger partial charge in [0.05, 0.1) is 22.7 Å². The zero-order valence-electron chi connectivity index (χ0n) is 17.0. The van der Waals surface area contributed by atoms with Crippen LogP contribution < -0.4 is 0 Å². The summed E-state index contributed by atoms with van der Waals surface area (Å²) in [5.41, 5.74) is 6.22. The summed E-state index contributed by atoms with van der Waals surface area (Å²) >= 11 is 0.361. The SMILES string of the molecule is C=C/C=C(\C=C/C)c1c(-c2ccc(C)cc2)[nH]c(C2CCN(C)CC2)c1SF. The number of aromatic nitrogens is 1. The summed E-state index contributed by atoms with van der Waals surface area (Å²) in [4.78, 5) is 6.69. The molecule has 0 aliphatic carbocycles. The van der Waals surface area contributed by atoms with Crippen LogP contribution >= 0.6 is 12.1 Å². The molecule has 148 valence electrons.